The molecule has 0 radical (unpaired) electrons. The number of hydrogen-bond acceptors (Lipinski definition) is 3. The number of amides is 1. The molecule has 2 aromatic carbocycles. The van der Waals surface area contributed by atoms with Crippen LogP contribution in [-0.4, -0.2) is 31.6 Å². The lowest BCUT2D eigenvalue weighted by atomic mass is 10.2. The van der Waals surface area contributed by atoms with Crippen LogP contribution in [0.5, 0.6) is 11.5 Å². The Labute approximate surface area is 143 Å². The van der Waals surface area contributed by atoms with Crippen LogP contribution in [-0.2, 0) is 11.3 Å². The maximum Gasteiger partial charge on any atom is 0.260 e. The van der Waals surface area contributed by atoms with Gasteiger partial charge in [-0.1, -0.05) is 48.6 Å². The maximum absolute atomic E-state index is 12.2. The number of likely N-dealkylation sites (N-methyl/N-ethyl adjacent to an activating group) is 1. The van der Waals surface area contributed by atoms with Gasteiger partial charge in [0.25, 0.3) is 5.91 Å². The molecule has 2 rings (SSSR count). The lowest BCUT2D eigenvalue weighted by Gasteiger charge is -2.18. The van der Waals surface area contributed by atoms with Crippen LogP contribution in [0, 0.1) is 0 Å². The minimum absolute atomic E-state index is 0.0251. The average Bonchev–Trinajstić information content (AvgIpc) is 2.61. The van der Waals surface area contributed by atoms with Gasteiger partial charge in [-0.2, -0.15) is 0 Å². The van der Waals surface area contributed by atoms with E-state index in [1.165, 1.54) is 0 Å². The summed E-state index contributed by atoms with van der Waals surface area (Å²) in [6.07, 6.45) is 3.93. The van der Waals surface area contributed by atoms with Crippen LogP contribution in [0.15, 0.2) is 54.6 Å². The number of ether oxygens (including phenoxy) is 2. The second-order valence-electron chi connectivity index (χ2n) is 5.43. The van der Waals surface area contributed by atoms with Crippen molar-refractivity contribution in [1.82, 2.24) is 4.90 Å². The molecule has 0 unspecified atom stereocenters. The maximum atomic E-state index is 12.2. The molecule has 4 heteroatoms. The number of carbonyl (C=O) groups is 1. The molecule has 0 bridgehead atoms. The predicted octanol–water partition coefficient (Wildman–Crippen LogP) is 3.77. The Hall–Kier alpha value is -2.75. The van der Waals surface area contributed by atoms with E-state index in [1.807, 2.05) is 67.6 Å². The summed E-state index contributed by atoms with van der Waals surface area (Å²) in [6, 6.07) is 15.5. The third-order valence-electron chi connectivity index (χ3n) is 3.59. The number of allylic oxidation sites excluding steroid dienone is 1. The summed E-state index contributed by atoms with van der Waals surface area (Å²) < 4.78 is 11.0. The molecule has 0 atom stereocenters. The molecule has 0 saturated heterocycles. The molecule has 2 aromatic rings. The van der Waals surface area contributed by atoms with Crippen LogP contribution in [0.1, 0.15) is 18.1 Å². The van der Waals surface area contributed by atoms with Crippen molar-refractivity contribution >= 4 is 12.0 Å². The molecule has 0 aliphatic carbocycles. The first-order valence-electron chi connectivity index (χ1n) is 7.85. The fourth-order valence-electron chi connectivity index (χ4n) is 2.29. The lowest BCUT2D eigenvalue weighted by Crippen LogP contribution is -2.31. The number of benzene rings is 2. The van der Waals surface area contributed by atoms with E-state index in [0.29, 0.717) is 18.0 Å². The van der Waals surface area contributed by atoms with Gasteiger partial charge in [-0.05, 0) is 30.2 Å². The first kappa shape index (κ1) is 17.6. The number of carbonyl (C=O) groups excluding carboxylic acids is 1. The zero-order valence-corrected chi connectivity index (χ0v) is 14.4. The largest absolute Gasteiger partial charge is 0.493 e. The molecular formula is C20H23NO3. The van der Waals surface area contributed by atoms with Gasteiger partial charge in [0.2, 0.25) is 0 Å². The summed E-state index contributed by atoms with van der Waals surface area (Å²) in [7, 11) is 3.36. The number of hydrogen-bond donors (Lipinski definition) is 0. The molecule has 0 fully saturated rings. The Bertz CT molecular complexity index is 695. The second kappa shape index (κ2) is 8.77. The zero-order chi connectivity index (χ0) is 17.4. The third-order valence-corrected chi connectivity index (χ3v) is 3.59. The van der Waals surface area contributed by atoms with E-state index in [9.17, 15) is 4.79 Å². The van der Waals surface area contributed by atoms with Crippen LogP contribution >= 0.6 is 0 Å². The molecule has 4 nitrogen and oxygen atoms in total. The van der Waals surface area contributed by atoms with Gasteiger partial charge in [0, 0.05) is 13.6 Å². The van der Waals surface area contributed by atoms with Crippen molar-refractivity contribution in [2.75, 3.05) is 20.8 Å². The summed E-state index contributed by atoms with van der Waals surface area (Å²) in [5, 5.41) is 0. The molecular weight excluding hydrogens is 302 g/mol. The predicted molar refractivity (Wildman–Crippen MR) is 96.1 cm³/mol. The fraction of sp³-hybridized carbons (Fsp3) is 0.250. The van der Waals surface area contributed by atoms with E-state index in [1.54, 1.807) is 19.1 Å². The van der Waals surface area contributed by atoms with E-state index < -0.39 is 0 Å². The van der Waals surface area contributed by atoms with Crippen molar-refractivity contribution in [3.05, 3.63) is 65.7 Å². The summed E-state index contributed by atoms with van der Waals surface area (Å²) in [4.78, 5) is 13.9. The smallest absolute Gasteiger partial charge is 0.260 e. The van der Waals surface area contributed by atoms with Crippen LogP contribution < -0.4 is 9.47 Å². The van der Waals surface area contributed by atoms with E-state index in [2.05, 4.69) is 0 Å². The van der Waals surface area contributed by atoms with Crippen molar-refractivity contribution in [3.8, 4) is 11.5 Å². The second-order valence-corrected chi connectivity index (χ2v) is 5.43. The summed E-state index contributed by atoms with van der Waals surface area (Å²) >= 11 is 0. The Morgan fingerprint density at radius 1 is 1.12 bits per heavy atom. The van der Waals surface area contributed by atoms with Gasteiger partial charge in [-0.3, -0.25) is 4.79 Å². The van der Waals surface area contributed by atoms with E-state index >= 15 is 0 Å². The Balaban J connectivity index is 1.95. The Kier molecular flexibility index (Phi) is 6.43. The standard InChI is InChI=1S/C20H23NO3/c1-4-8-16-11-12-18(19(13-16)23-3)24-15-20(22)21(2)14-17-9-6-5-7-10-17/h4-13H,14-15H2,1-3H3. The van der Waals surface area contributed by atoms with Gasteiger partial charge in [-0.25, -0.2) is 0 Å². The minimum atomic E-state index is -0.0848. The summed E-state index contributed by atoms with van der Waals surface area (Å²) in [5.74, 6) is 1.09. The molecule has 0 aliphatic heterocycles. The third kappa shape index (κ3) is 4.88. The topological polar surface area (TPSA) is 38.8 Å². The quantitative estimate of drug-likeness (QED) is 0.778. The minimum Gasteiger partial charge on any atom is -0.493 e. The van der Waals surface area contributed by atoms with Gasteiger partial charge in [0.1, 0.15) is 0 Å². The van der Waals surface area contributed by atoms with Crippen LogP contribution in [0.4, 0.5) is 0 Å². The van der Waals surface area contributed by atoms with Crippen LogP contribution in [0.25, 0.3) is 6.08 Å². The molecule has 0 saturated carbocycles. The molecule has 0 aliphatic rings. The molecule has 0 N–H and O–H groups in total. The highest BCUT2D eigenvalue weighted by Gasteiger charge is 2.12. The van der Waals surface area contributed by atoms with E-state index in [-0.39, 0.29) is 12.5 Å². The summed E-state index contributed by atoms with van der Waals surface area (Å²) in [5.41, 5.74) is 2.11. The van der Waals surface area contributed by atoms with Crippen molar-refractivity contribution in [2.24, 2.45) is 0 Å². The average molecular weight is 325 g/mol. The monoisotopic (exact) mass is 325 g/mol. The van der Waals surface area contributed by atoms with Crippen molar-refractivity contribution in [1.29, 1.82) is 0 Å². The van der Waals surface area contributed by atoms with Gasteiger partial charge < -0.3 is 14.4 Å². The van der Waals surface area contributed by atoms with E-state index in [4.69, 9.17) is 9.47 Å². The number of rotatable bonds is 7. The molecule has 1 amide bonds. The molecule has 0 heterocycles. The van der Waals surface area contributed by atoms with E-state index in [0.717, 1.165) is 11.1 Å². The highest BCUT2D eigenvalue weighted by molar-refractivity contribution is 5.77. The van der Waals surface area contributed by atoms with Gasteiger partial charge in [0.05, 0.1) is 7.11 Å². The Morgan fingerprint density at radius 3 is 2.54 bits per heavy atom. The van der Waals surface area contributed by atoms with Gasteiger partial charge in [0.15, 0.2) is 18.1 Å². The molecule has 24 heavy (non-hydrogen) atoms. The molecule has 0 aromatic heterocycles. The highest BCUT2D eigenvalue weighted by Crippen LogP contribution is 2.28. The lowest BCUT2D eigenvalue weighted by molar-refractivity contribution is -0.132. The SMILES string of the molecule is CC=Cc1ccc(OCC(=O)N(C)Cc2ccccc2)c(OC)c1. The fourth-order valence-corrected chi connectivity index (χ4v) is 2.29. The zero-order valence-electron chi connectivity index (χ0n) is 14.4. The van der Waals surface area contributed by atoms with Crippen molar-refractivity contribution < 1.29 is 14.3 Å². The molecule has 0 spiro atoms. The highest BCUT2D eigenvalue weighted by atomic mass is 16.5. The first-order chi connectivity index (χ1) is 11.6. The first-order valence-corrected chi connectivity index (χ1v) is 7.85. The Morgan fingerprint density at radius 2 is 1.88 bits per heavy atom. The van der Waals surface area contributed by atoms with Crippen LogP contribution in [0.2, 0.25) is 0 Å². The normalized spacial score (nSPS) is 10.6. The van der Waals surface area contributed by atoms with Crippen molar-refractivity contribution in [2.45, 2.75) is 13.5 Å². The summed E-state index contributed by atoms with van der Waals surface area (Å²) in [6.45, 7) is 2.49. The van der Waals surface area contributed by atoms with Crippen molar-refractivity contribution in [3.63, 3.8) is 0 Å². The molecule has 126 valence electrons. The van der Waals surface area contributed by atoms with Gasteiger partial charge in [-0.15, -0.1) is 0 Å². The number of nitrogens with zero attached hydrogens (tertiary/aromatic N) is 1. The van der Waals surface area contributed by atoms with Crippen LogP contribution in [0.3, 0.4) is 0 Å². The number of methoxy groups -OCH3 is 1. The van der Waals surface area contributed by atoms with Gasteiger partial charge >= 0.3 is 0 Å².